The van der Waals surface area contributed by atoms with Crippen molar-refractivity contribution in [3.05, 3.63) is 24.4 Å². The van der Waals surface area contributed by atoms with Crippen LogP contribution in [-0.4, -0.2) is 62.1 Å². The van der Waals surface area contributed by atoms with E-state index in [1.165, 1.54) is 4.31 Å². The van der Waals surface area contributed by atoms with Crippen LogP contribution in [0.4, 0.5) is 5.82 Å². The zero-order valence-corrected chi connectivity index (χ0v) is 15.1. The zero-order chi connectivity index (χ0) is 17.6. The van der Waals surface area contributed by atoms with E-state index in [-0.39, 0.29) is 24.1 Å². The number of carbonyl (C=O) groups is 1. The first-order chi connectivity index (χ1) is 11.4. The molecule has 24 heavy (non-hydrogen) atoms. The van der Waals surface area contributed by atoms with E-state index in [2.05, 4.69) is 15.2 Å². The van der Waals surface area contributed by atoms with Crippen molar-refractivity contribution in [2.45, 2.75) is 20.3 Å². The molecule has 1 saturated heterocycles. The fourth-order valence-corrected chi connectivity index (χ4v) is 3.97. The summed E-state index contributed by atoms with van der Waals surface area (Å²) in [5.74, 6) is 0.984. The van der Waals surface area contributed by atoms with Crippen molar-refractivity contribution in [3.8, 4) is 0 Å². The number of carbonyl (C=O) groups excluding carboxylic acids is 1. The Hall–Kier alpha value is -1.67. The normalized spacial score (nSPS) is 16.4. The van der Waals surface area contributed by atoms with Gasteiger partial charge in [-0.1, -0.05) is 19.9 Å². The molecule has 0 bridgehead atoms. The van der Waals surface area contributed by atoms with Crippen molar-refractivity contribution in [1.29, 1.82) is 0 Å². The largest absolute Gasteiger partial charge is 0.355 e. The molecule has 0 aromatic carbocycles. The maximum Gasteiger partial charge on any atom is 0.220 e. The molecule has 134 valence electrons. The fraction of sp³-hybridized carbons (Fsp3) is 0.625. The highest BCUT2D eigenvalue weighted by Gasteiger charge is 2.27. The highest BCUT2D eigenvalue weighted by molar-refractivity contribution is 7.89. The van der Waals surface area contributed by atoms with Gasteiger partial charge in [-0.25, -0.2) is 13.4 Å². The lowest BCUT2D eigenvalue weighted by molar-refractivity contribution is -0.121. The minimum atomic E-state index is -3.34. The van der Waals surface area contributed by atoms with E-state index in [1.54, 1.807) is 6.20 Å². The lowest BCUT2D eigenvalue weighted by Crippen LogP contribution is -2.50. The highest BCUT2D eigenvalue weighted by Crippen LogP contribution is 2.14. The molecule has 7 nitrogen and oxygen atoms in total. The molecule has 8 heteroatoms. The molecule has 0 unspecified atom stereocenters. The van der Waals surface area contributed by atoms with Gasteiger partial charge in [-0.3, -0.25) is 4.79 Å². The SMILES string of the molecule is CC(C)CC(=O)NCCS(=O)(=O)N1CCN(c2ccccn2)CC1. The van der Waals surface area contributed by atoms with Crippen molar-refractivity contribution in [3.63, 3.8) is 0 Å². The predicted octanol–water partition coefficient (Wildman–Crippen LogP) is 0.696. The molecule has 0 radical (unpaired) electrons. The summed E-state index contributed by atoms with van der Waals surface area (Å²) in [7, 11) is -3.34. The summed E-state index contributed by atoms with van der Waals surface area (Å²) in [6.07, 6.45) is 2.15. The number of sulfonamides is 1. The molecular formula is C16H26N4O3S. The van der Waals surface area contributed by atoms with E-state index in [9.17, 15) is 13.2 Å². The van der Waals surface area contributed by atoms with Gasteiger partial charge < -0.3 is 10.2 Å². The van der Waals surface area contributed by atoms with Gasteiger partial charge in [0, 0.05) is 45.3 Å². The zero-order valence-electron chi connectivity index (χ0n) is 14.3. The third-order valence-electron chi connectivity index (χ3n) is 3.88. The number of hydrogen-bond acceptors (Lipinski definition) is 5. The molecular weight excluding hydrogens is 328 g/mol. The molecule has 2 rings (SSSR count). The van der Waals surface area contributed by atoms with E-state index < -0.39 is 10.0 Å². The van der Waals surface area contributed by atoms with Gasteiger partial charge in [0.25, 0.3) is 0 Å². The molecule has 1 aliphatic heterocycles. The second kappa shape index (κ2) is 8.43. The minimum Gasteiger partial charge on any atom is -0.355 e. The molecule has 1 aliphatic rings. The van der Waals surface area contributed by atoms with Crippen LogP contribution >= 0.6 is 0 Å². The fourth-order valence-electron chi connectivity index (χ4n) is 2.63. The molecule has 1 aromatic heterocycles. The number of hydrogen-bond donors (Lipinski definition) is 1. The monoisotopic (exact) mass is 354 g/mol. The lowest BCUT2D eigenvalue weighted by Gasteiger charge is -2.34. The first-order valence-electron chi connectivity index (χ1n) is 8.29. The summed E-state index contributed by atoms with van der Waals surface area (Å²) in [6.45, 7) is 6.20. The van der Waals surface area contributed by atoms with Crippen LogP contribution < -0.4 is 10.2 Å². The first-order valence-corrected chi connectivity index (χ1v) is 9.90. The number of pyridine rings is 1. The molecule has 0 aliphatic carbocycles. The summed E-state index contributed by atoms with van der Waals surface area (Å²) in [4.78, 5) is 18.0. The molecule has 1 N–H and O–H groups in total. The van der Waals surface area contributed by atoms with E-state index in [4.69, 9.17) is 0 Å². The molecule has 0 spiro atoms. The third kappa shape index (κ3) is 5.45. The van der Waals surface area contributed by atoms with Crippen molar-refractivity contribution in [2.24, 2.45) is 5.92 Å². The Labute approximate surface area is 144 Å². The number of amides is 1. The van der Waals surface area contributed by atoms with Gasteiger partial charge in [-0.05, 0) is 18.1 Å². The number of anilines is 1. The van der Waals surface area contributed by atoms with Gasteiger partial charge in [0.15, 0.2) is 0 Å². The van der Waals surface area contributed by atoms with Crippen molar-refractivity contribution in [1.82, 2.24) is 14.6 Å². The first kappa shape index (κ1) is 18.7. The standard InChI is InChI=1S/C16H26N4O3S/c1-14(2)13-16(21)18-7-12-24(22,23)20-10-8-19(9-11-20)15-5-3-4-6-17-15/h3-6,14H,7-13H2,1-2H3,(H,18,21). The van der Waals surface area contributed by atoms with Gasteiger partial charge in [0.05, 0.1) is 5.75 Å². The van der Waals surface area contributed by atoms with Gasteiger partial charge >= 0.3 is 0 Å². The van der Waals surface area contributed by atoms with E-state index in [0.717, 1.165) is 5.82 Å². The van der Waals surface area contributed by atoms with Gasteiger partial charge in [-0.2, -0.15) is 4.31 Å². The lowest BCUT2D eigenvalue weighted by atomic mass is 10.1. The maximum absolute atomic E-state index is 12.4. The van der Waals surface area contributed by atoms with E-state index >= 15 is 0 Å². The number of nitrogens with zero attached hydrogens (tertiary/aromatic N) is 3. The van der Waals surface area contributed by atoms with Gasteiger partial charge in [0.2, 0.25) is 15.9 Å². The summed E-state index contributed by atoms with van der Waals surface area (Å²) >= 11 is 0. The van der Waals surface area contributed by atoms with Crippen LogP contribution in [0.25, 0.3) is 0 Å². The average Bonchev–Trinajstić information content (AvgIpc) is 2.55. The van der Waals surface area contributed by atoms with Crippen LogP contribution in [-0.2, 0) is 14.8 Å². The molecule has 1 aromatic rings. The Kier molecular flexibility index (Phi) is 6.56. The Morgan fingerprint density at radius 2 is 1.96 bits per heavy atom. The number of piperazine rings is 1. The van der Waals surface area contributed by atoms with Crippen LogP contribution in [0.2, 0.25) is 0 Å². The highest BCUT2D eigenvalue weighted by atomic mass is 32.2. The average molecular weight is 354 g/mol. The summed E-state index contributed by atoms with van der Waals surface area (Å²) in [5, 5.41) is 2.68. The summed E-state index contributed by atoms with van der Waals surface area (Å²) in [6, 6.07) is 5.71. The Balaban J connectivity index is 1.79. The quantitative estimate of drug-likeness (QED) is 0.779. The summed E-state index contributed by atoms with van der Waals surface area (Å²) < 4.78 is 26.2. The third-order valence-corrected chi connectivity index (χ3v) is 5.75. The number of rotatable bonds is 7. The van der Waals surface area contributed by atoms with E-state index in [0.29, 0.717) is 32.6 Å². The topological polar surface area (TPSA) is 82.6 Å². The number of nitrogens with one attached hydrogen (secondary N) is 1. The molecule has 0 atom stereocenters. The van der Waals surface area contributed by atoms with Crippen molar-refractivity contribution >= 4 is 21.7 Å². The molecule has 1 amide bonds. The molecule has 0 saturated carbocycles. The summed E-state index contributed by atoms with van der Waals surface area (Å²) in [5.41, 5.74) is 0. The second-order valence-electron chi connectivity index (χ2n) is 6.34. The van der Waals surface area contributed by atoms with Crippen LogP contribution in [0.1, 0.15) is 20.3 Å². The smallest absolute Gasteiger partial charge is 0.220 e. The minimum absolute atomic E-state index is 0.0551. The molecule has 1 fully saturated rings. The van der Waals surface area contributed by atoms with Crippen LogP contribution in [0.5, 0.6) is 0 Å². The van der Waals surface area contributed by atoms with Gasteiger partial charge in [-0.15, -0.1) is 0 Å². The van der Waals surface area contributed by atoms with Crippen molar-refractivity contribution < 1.29 is 13.2 Å². The second-order valence-corrected chi connectivity index (χ2v) is 8.43. The Bertz CT molecular complexity index is 626. The van der Waals surface area contributed by atoms with Gasteiger partial charge in [0.1, 0.15) is 5.82 Å². The van der Waals surface area contributed by atoms with Crippen molar-refractivity contribution in [2.75, 3.05) is 43.4 Å². The van der Waals surface area contributed by atoms with E-state index in [1.807, 2.05) is 32.0 Å². The van der Waals surface area contributed by atoms with Crippen LogP contribution in [0.15, 0.2) is 24.4 Å². The van der Waals surface area contributed by atoms with Crippen LogP contribution in [0.3, 0.4) is 0 Å². The maximum atomic E-state index is 12.4. The van der Waals surface area contributed by atoms with Crippen LogP contribution in [0, 0.1) is 5.92 Å². The number of aromatic nitrogens is 1. The Morgan fingerprint density at radius 3 is 2.54 bits per heavy atom. The predicted molar refractivity (Wildman–Crippen MR) is 94.3 cm³/mol. The Morgan fingerprint density at radius 1 is 1.25 bits per heavy atom. The molecule has 2 heterocycles.